The Morgan fingerprint density at radius 1 is 0.875 bits per heavy atom. The van der Waals surface area contributed by atoms with Gasteiger partial charge in [-0.2, -0.15) is 0 Å². The molecule has 6 rings (SSSR count). The van der Waals surface area contributed by atoms with Crippen molar-refractivity contribution in [3.63, 3.8) is 0 Å². The first kappa shape index (κ1) is 25.4. The summed E-state index contributed by atoms with van der Waals surface area (Å²) in [5.41, 5.74) is 3.55. The Morgan fingerprint density at radius 2 is 1.68 bits per heavy atom. The molecule has 0 spiro atoms. The minimum Gasteiger partial charge on any atom is -0.497 e. The van der Waals surface area contributed by atoms with Crippen molar-refractivity contribution < 1.29 is 14.3 Å². The molecule has 1 amide bonds. The van der Waals surface area contributed by atoms with Crippen molar-refractivity contribution >= 4 is 36.5 Å². The van der Waals surface area contributed by atoms with Crippen molar-refractivity contribution in [2.45, 2.75) is 13.5 Å². The van der Waals surface area contributed by atoms with Gasteiger partial charge in [-0.1, -0.05) is 42.0 Å². The van der Waals surface area contributed by atoms with Crippen LogP contribution in [0.15, 0.2) is 85.2 Å². The molecule has 8 nitrogen and oxygen atoms in total. The van der Waals surface area contributed by atoms with E-state index in [4.69, 9.17) is 9.47 Å². The monoisotopic (exact) mass is 548 g/mol. The number of fused-ring (bicyclic) bond motifs is 3. The highest BCUT2D eigenvalue weighted by atomic mass is 32.2. The lowest BCUT2D eigenvalue weighted by Crippen LogP contribution is -2.22. The van der Waals surface area contributed by atoms with Gasteiger partial charge >= 0.3 is 0 Å². The maximum absolute atomic E-state index is 13.2. The average molecular weight is 549 g/mol. The smallest absolute Gasteiger partial charge is 0.251 e. The van der Waals surface area contributed by atoms with Crippen LogP contribution in [0, 0.1) is 6.92 Å². The molecule has 0 saturated carbocycles. The predicted molar refractivity (Wildman–Crippen MR) is 157 cm³/mol. The Balaban J connectivity index is 1.32. The summed E-state index contributed by atoms with van der Waals surface area (Å²) in [6.07, 6.45) is 1.29. The normalized spacial score (nSPS) is 11.5. The van der Waals surface area contributed by atoms with Crippen LogP contribution in [0.1, 0.15) is 21.5 Å². The van der Waals surface area contributed by atoms with Gasteiger partial charge in [-0.25, -0.2) is 0 Å². The van der Waals surface area contributed by atoms with E-state index in [0.717, 1.165) is 37.6 Å². The van der Waals surface area contributed by atoms with Gasteiger partial charge in [0.15, 0.2) is 21.7 Å². The molecule has 1 atom stereocenters. The van der Waals surface area contributed by atoms with Crippen LogP contribution in [0.3, 0.4) is 0 Å². The molecule has 0 fully saturated rings. The van der Waals surface area contributed by atoms with Crippen molar-refractivity contribution in [3.05, 3.63) is 102 Å². The molecule has 0 bridgehead atoms. The van der Waals surface area contributed by atoms with Crippen molar-refractivity contribution in [3.8, 4) is 27.8 Å². The number of carbonyl (C=O) groups is 1. The fourth-order valence-electron chi connectivity index (χ4n) is 4.78. The van der Waals surface area contributed by atoms with Gasteiger partial charge in [0.05, 0.1) is 19.6 Å². The second-order valence-electron chi connectivity index (χ2n) is 9.29. The van der Waals surface area contributed by atoms with Crippen LogP contribution in [0.2, 0.25) is 0 Å². The number of nitrogens with zero attached hydrogens (tertiary/aromatic N) is 4. The SMILES string of the molecule is COc1cc(OC)c2c(c1)c1cc(C)ccc1[s+]2-c1cccc(C(=O)NCc2ccc(-c3nncnn3)cc2)c1. The van der Waals surface area contributed by atoms with E-state index in [1.807, 2.05) is 48.5 Å². The number of aryl methyl sites for hydroxylation is 1. The van der Waals surface area contributed by atoms with Gasteiger partial charge in [-0.05, 0) is 42.8 Å². The van der Waals surface area contributed by atoms with Gasteiger partial charge in [-0.3, -0.25) is 4.79 Å². The number of carbonyl (C=O) groups excluding carboxylic acids is 1. The van der Waals surface area contributed by atoms with Gasteiger partial charge in [0.2, 0.25) is 10.5 Å². The van der Waals surface area contributed by atoms with Crippen LogP contribution in [0.25, 0.3) is 36.5 Å². The largest absolute Gasteiger partial charge is 0.497 e. The maximum atomic E-state index is 13.2. The summed E-state index contributed by atoms with van der Waals surface area (Å²) in [6, 6.07) is 26.0. The molecule has 40 heavy (non-hydrogen) atoms. The molecular formula is C31H26N5O3S+. The molecule has 0 saturated heterocycles. The summed E-state index contributed by atoms with van der Waals surface area (Å²) in [4.78, 5) is 14.3. The molecule has 2 heterocycles. The Morgan fingerprint density at radius 3 is 2.42 bits per heavy atom. The van der Waals surface area contributed by atoms with E-state index in [2.05, 4.69) is 63.0 Å². The number of benzene rings is 4. The topological polar surface area (TPSA) is 99.1 Å². The lowest BCUT2D eigenvalue weighted by atomic mass is 10.1. The molecule has 1 N–H and O–H groups in total. The van der Waals surface area contributed by atoms with E-state index in [0.29, 0.717) is 17.9 Å². The molecule has 2 aromatic heterocycles. The molecule has 9 heteroatoms. The third-order valence-corrected chi connectivity index (χ3v) is 9.09. The van der Waals surface area contributed by atoms with E-state index in [1.165, 1.54) is 22.0 Å². The molecule has 6 aromatic rings. The van der Waals surface area contributed by atoms with Crippen LogP contribution in [0.5, 0.6) is 11.5 Å². The first-order chi connectivity index (χ1) is 19.6. The summed E-state index contributed by atoms with van der Waals surface area (Å²) < 4.78 is 13.7. The fraction of sp³-hybridized carbons (Fsp3) is 0.129. The number of thiophene rings is 1. The zero-order chi connectivity index (χ0) is 27.6. The van der Waals surface area contributed by atoms with Crippen molar-refractivity contribution in [1.82, 2.24) is 25.7 Å². The van der Waals surface area contributed by atoms with Crippen molar-refractivity contribution in [1.29, 1.82) is 0 Å². The quantitative estimate of drug-likeness (QED) is 0.236. The first-order valence-corrected chi connectivity index (χ1v) is 13.9. The number of ether oxygens (including phenoxy) is 2. The van der Waals surface area contributed by atoms with Crippen LogP contribution in [-0.4, -0.2) is 40.5 Å². The third kappa shape index (κ3) is 4.71. The van der Waals surface area contributed by atoms with Gasteiger partial charge in [0, 0.05) is 45.7 Å². The van der Waals surface area contributed by atoms with E-state index in [9.17, 15) is 4.79 Å². The zero-order valence-electron chi connectivity index (χ0n) is 22.2. The minimum atomic E-state index is -0.441. The van der Waals surface area contributed by atoms with Crippen LogP contribution >= 0.6 is 10.5 Å². The van der Waals surface area contributed by atoms with Gasteiger partial charge in [0.25, 0.3) is 5.91 Å². The second-order valence-corrected chi connectivity index (χ2v) is 11.2. The molecule has 4 aromatic carbocycles. The number of hydrogen-bond acceptors (Lipinski definition) is 7. The summed E-state index contributed by atoms with van der Waals surface area (Å²) in [5, 5.41) is 20.8. The summed E-state index contributed by atoms with van der Waals surface area (Å²) in [7, 11) is 2.90. The third-order valence-electron chi connectivity index (χ3n) is 6.74. The van der Waals surface area contributed by atoms with Gasteiger partial charge in [0.1, 0.15) is 5.75 Å². The number of hydrogen-bond donors (Lipinski definition) is 1. The number of rotatable bonds is 7. The maximum Gasteiger partial charge on any atom is 0.251 e. The molecule has 0 aliphatic heterocycles. The molecule has 1 unspecified atom stereocenters. The van der Waals surface area contributed by atoms with Crippen LogP contribution < -0.4 is 14.8 Å². The number of amides is 1. The molecule has 198 valence electrons. The van der Waals surface area contributed by atoms with E-state index < -0.39 is 10.5 Å². The minimum absolute atomic E-state index is 0.139. The Hall–Kier alpha value is -4.89. The Bertz CT molecular complexity index is 1850. The van der Waals surface area contributed by atoms with Crippen molar-refractivity contribution in [2.24, 2.45) is 0 Å². The highest BCUT2D eigenvalue weighted by molar-refractivity contribution is 7.50. The van der Waals surface area contributed by atoms with Crippen LogP contribution in [0.4, 0.5) is 0 Å². The Kier molecular flexibility index (Phi) is 6.79. The average Bonchev–Trinajstić information content (AvgIpc) is 3.33. The molecule has 0 aliphatic rings. The summed E-state index contributed by atoms with van der Waals surface area (Å²) >= 11 is 0. The lowest BCUT2D eigenvalue weighted by molar-refractivity contribution is 0.0951. The highest BCUT2D eigenvalue weighted by Crippen LogP contribution is 2.53. The van der Waals surface area contributed by atoms with E-state index >= 15 is 0 Å². The number of methoxy groups -OCH3 is 2. The van der Waals surface area contributed by atoms with Gasteiger partial charge < -0.3 is 14.8 Å². The number of nitrogens with one attached hydrogen (secondary N) is 1. The first-order valence-electron chi connectivity index (χ1n) is 12.6. The van der Waals surface area contributed by atoms with Crippen LogP contribution in [-0.2, 0) is 6.54 Å². The highest BCUT2D eigenvalue weighted by Gasteiger charge is 2.28. The Labute approximate surface area is 233 Å². The summed E-state index contributed by atoms with van der Waals surface area (Å²) in [5.74, 6) is 1.84. The predicted octanol–water partition coefficient (Wildman–Crippen LogP) is 6.23. The zero-order valence-corrected chi connectivity index (χ0v) is 23.0. The number of aromatic nitrogens is 4. The molecule has 0 aliphatic carbocycles. The summed E-state index contributed by atoms with van der Waals surface area (Å²) in [6.45, 7) is 2.48. The van der Waals surface area contributed by atoms with Crippen molar-refractivity contribution in [2.75, 3.05) is 14.2 Å². The van der Waals surface area contributed by atoms with E-state index in [1.54, 1.807) is 14.2 Å². The fourth-order valence-corrected chi connectivity index (χ4v) is 7.28. The lowest BCUT2D eigenvalue weighted by Gasteiger charge is -2.07. The second kappa shape index (κ2) is 10.7. The van der Waals surface area contributed by atoms with Gasteiger partial charge in [-0.15, -0.1) is 20.4 Å². The van der Waals surface area contributed by atoms with E-state index in [-0.39, 0.29) is 5.91 Å². The molecular weight excluding hydrogens is 522 g/mol. The molecule has 0 radical (unpaired) electrons. The standard InChI is InChI=1S/C31H25N5O3S/c1-19-7-12-28-25(13-19)26-15-23(38-2)16-27(39-3)29(26)40(28)24-6-4-5-22(14-24)31(37)32-17-20-8-10-21(11-9-20)30-35-33-18-34-36-30/h4-16,18H,17H2,1-3H3/p+1.